The van der Waals surface area contributed by atoms with E-state index in [-0.39, 0.29) is 5.97 Å². The molecular weight excluding hydrogens is 252 g/mol. The van der Waals surface area contributed by atoms with Crippen molar-refractivity contribution in [2.75, 3.05) is 0 Å². The summed E-state index contributed by atoms with van der Waals surface area (Å²) >= 11 is 0. The molecule has 19 heavy (non-hydrogen) atoms. The van der Waals surface area contributed by atoms with Gasteiger partial charge in [-0.15, -0.1) is 0 Å². The molecule has 0 aromatic heterocycles. The van der Waals surface area contributed by atoms with Gasteiger partial charge in [0, 0.05) is 6.92 Å². The largest absolute Gasteiger partial charge is 0.435 e. The quantitative estimate of drug-likeness (QED) is 0.464. The Labute approximate surface area is 117 Å². The number of carbonyl (C=O) groups excluding carboxylic acids is 1. The van der Waals surface area contributed by atoms with Crippen molar-refractivity contribution in [1.82, 2.24) is 0 Å². The second kappa shape index (κ2) is 6.71. The Bertz CT molecular complexity index is 449. The maximum Gasteiger partial charge on any atom is 0.307 e. The number of ether oxygens (including phenoxy) is 1. The van der Waals surface area contributed by atoms with Gasteiger partial charge in [-0.2, -0.15) is 0 Å². The number of carbonyl (C=O) groups is 1. The Balaban J connectivity index is 3.02. The summed E-state index contributed by atoms with van der Waals surface area (Å²) in [4.78, 5) is 10.9. The van der Waals surface area contributed by atoms with Crippen LogP contribution in [0.5, 0.6) is 0 Å². The summed E-state index contributed by atoms with van der Waals surface area (Å²) in [6.45, 7) is 10.5. The third kappa shape index (κ3) is 4.06. The van der Waals surface area contributed by atoms with E-state index in [1.54, 1.807) is 6.26 Å². The second-order valence-corrected chi connectivity index (χ2v) is 10.2. The summed E-state index contributed by atoms with van der Waals surface area (Å²) in [5.74, 6) is -0.256. The minimum Gasteiger partial charge on any atom is -0.435 e. The Morgan fingerprint density at radius 1 is 1.26 bits per heavy atom. The number of hydrogen-bond donors (Lipinski definition) is 0. The topological polar surface area (TPSA) is 26.3 Å². The van der Waals surface area contributed by atoms with E-state index in [0.717, 1.165) is 6.42 Å². The van der Waals surface area contributed by atoms with Crippen molar-refractivity contribution < 1.29 is 9.53 Å². The van der Waals surface area contributed by atoms with E-state index in [1.165, 1.54) is 17.7 Å². The lowest BCUT2D eigenvalue weighted by Gasteiger charge is -2.33. The maximum atomic E-state index is 10.9. The number of allylic oxidation sites excluding steroid dienone is 1. The molecule has 0 saturated carbocycles. The van der Waals surface area contributed by atoms with Gasteiger partial charge in [-0.1, -0.05) is 62.0 Å². The van der Waals surface area contributed by atoms with Crippen LogP contribution < -0.4 is 5.19 Å². The van der Waals surface area contributed by atoms with Crippen molar-refractivity contribution in [3.63, 3.8) is 0 Å². The molecule has 0 amide bonds. The fraction of sp³-hybridized carbons (Fsp3) is 0.438. The smallest absolute Gasteiger partial charge is 0.307 e. The van der Waals surface area contributed by atoms with Crippen molar-refractivity contribution in [2.24, 2.45) is 0 Å². The van der Waals surface area contributed by atoms with E-state index in [0.29, 0.717) is 5.54 Å². The van der Waals surface area contributed by atoms with Crippen LogP contribution in [0.15, 0.2) is 42.2 Å². The molecule has 104 valence electrons. The number of esters is 1. The lowest BCUT2D eigenvalue weighted by Crippen LogP contribution is -2.46. The van der Waals surface area contributed by atoms with Crippen molar-refractivity contribution in [3.05, 3.63) is 42.2 Å². The van der Waals surface area contributed by atoms with Gasteiger partial charge in [0.05, 0.1) is 14.3 Å². The molecule has 1 rings (SSSR count). The molecule has 0 fully saturated rings. The fourth-order valence-electron chi connectivity index (χ4n) is 2.73. The minimum absolute atomic E-state index is 0.256. The van der Waals surface area contributed by atoms with Gasteiger partial charge in [-0.05, 0) is 18.0 Å². The first-order valence-electron chi connectivity index (χ1n) is 6.79. The lowest BCUT2D eigenvalue weighted by molar-refractivity contribution is -0.135. The van der Waals surface area contributed by atoms with E-state index < -0.39 is 8.07 Å². The number of rotatable bonds is 5. The molecule has 0 heterocycles. The van der Waals surface area contributed by atoms with Gasteiger partial charge >= 0.3 is 5.97 Å². The van der Waals surface area contributed by atoms with Crippen molar-refractivity contribution >= 4 is 19.2 Å². The van der Waals surface area contributed by atoms with Gasteiger partial charge in [0.25, 0.3) is 0 Å². The lowest BCUT2D eigenvalue weighted by atomic mass is 10.2. The molecule has 0 aliphatic heterocycles. The highest BCUT2D eigenvalue weighted by atomic mass is 28.3. The number of hydrogen-bond acceptors (Lipinski definition) is 2. The van der Waals surface area contributed by atoms with Crippen molar-refractivity contribution in [3.8, 4) is 0 Å². The summed E-state index contributed by atoms with van der Waals surface area (Å²) in [5.41, 5.74) is 1.65. The third-order valence-electron chi connectivity index (χ3n) is 3.76. The molecule has 0 radical (unpaired) electrons. The van der Waals surface area contributed by atoms with Gasteiger partial charge in [-0.3, -0.25) is 4.79 Å². The van der Waals surface area contributed by atoms with E-state index in [1.807, 2.05) is 0 Å². The zero-order chi connectivity index (χ0) is 14.5. The standard InChI is InChI=1S/C16H24O2Si/c1-6-16(13(2)12-18-14(3)17)19(4,5)15-10-8-7-9-11-15/h7-12,16H,6H2,1-5H3/b13-12+. The molecule has 1 unspecified atom stereocenters. The molecule has 0 aliphatic rings. The van der Waals surface area contributed by atoms with Crippen molar-refractivity contribution in [1.29, 1.82) is 0 Å². The van der Waals surface area contributed by atoms with Crippen LogP contribution >= 0.6 is 0 Å². The van der Waals surface area contributed by atoms with Crippen LogP contribution in [0, 0.1) is 0 Å². The summed E-state index contributed by atoms with van der Waals surface area (Å²) in [6, 6.07) is 10.7. The van der Waals surface area contributed by atoms with Gasteiger partial charge in [0.1, 0.15) is 0 Å². The summed E-state index contributed by atoms with van der Waals surface area (Å²) < 4.78 is 5.04. The third-order valence-corrected chi connectivity index (χ3v) is 8.18. The van der Waals surface area contributed by atoms with Gasteiger partial charge in [0.15, 0.2) is 0 Å². The van der Waals surface area contributed by atoms with Crippen LogP contribution in [-0.4, -0.2) is 14.0 Å². The Kier molecular flexibility index (Phi) is 5.55. The second-order valence-electron chi connectivity index (χ2n) is 5.52. The Hall–Kier alpha value is -1.35. The average molecular weight is 276 g/mol. The molecule has 0 bridgehead atoms. The van der Waals surface area contributed by atoms with Gasteiger partial charge < -0.3 is 4.74 Å². The highest BCUT2D eigenvalue weighted by Crippen LogP contribution is 2.32. The maximum absolute atomic E-state index is 10.9. The molecule has 0 spiro atoms. The van der Waals surface area contributed by atoms with Gasteiger partial charge in [-0.25, -0.2) is 0 Å². The first-order valence-corrected chi connectivity index (χ1v) is 9.86. The molecule has 1 aromatic carbocycles. The molecule has 0 saturated heterocycles. The zero-order valence-corrected chi connectivity index (χ0v) is 13.6. The SMILES string of the molecule is CCC(/C(C)=C/OC(C)=O)[Si](C)(C)c1ccccc1. The molecule has 0 aliphatic carbocycles. The van der Waals surface area contributed by atoms with Crippen LogP contribution in [0.3, 0.4) is 0 Å². The Morgan fingerprint density at radius 3 is 2.32 bits per heavy atom. The highest BCUT2D eigenvalue weighted by Gasteiger charge is 2.33. The molecule has 3 heteroatoms. The van der Waals surface area contributed by atoms with E-state index in [4.69, 9.17) is 4.74 Å². The minimum atomic E-state index is -1.60. The normalized spacial score (nSPS) is 14.1. The first kappa shape index (κ1) is 15.7. The monoisotopic (exact) mass is 276 g/mol. The Morgan fingerprint density at radius 2 is 1.84 bits per heavy atom. The van der Waals surface area contributed by atoms with E-state index >= 15 is 0 Å². The van der Waals surface area contributed by atoms with Crippen LogP contribution in [0.25, 0.3) is 0 Å². The summed E-state index contributed by atoms with van der Waals surface area (Å²) in [6.07, 6.45) is 2.70. The van der Waals surface area contributed by atoms with Crippen LogP contribution in [0.1, 0.15) is 27.2 Å². The van der Waals surface area contributed by atoms with Gasteiger partial charge in [0.2, 0.25) is 0 Å². The number of benzene rings is 1. The molecular formula is C16H24O2Si. The molecule has 1 atom stereocenters. The molecule has 1 aromatic rings. The van der Waals surface area contributed by atoms with E-state index in [9.17, 15) is 4.79 Å². The van der Waals surface area contributed by atoms with E-state index in [2.05, 4.69) is 57.3 Å². The molecule has 0 N–H and O–H groups in total. The molecule has 2 nitrogen and oxygen atoms in total. The zero-order valence-electron chi connectivity index (χ0n) is 12.6. The fourth-order valence-corrected chi connectivity index (χ4v) is 6.41. The average Bonchev–Trinajstić information content (AvgIpc) is 2.38. The summed E-state index contributed by atoms with van der Waals surface area (Å²) in [7, 11) is -1.60. The predicted molar refractivity (Wildman–Crippen MR) is 83.1 cm³/mol. The van der Waals surface area contributed by atoms with Crippen LogP contribution in [0.4, 0.5) is 0 Å². The van der Waals surface area contributed by atoms with Crippen LogP contribution in [0.2, 0.25) is 18.6 Å². The highest BCUT2D eigenvalue weighted by molar-refractivity contribution is 6.91. The first-order chi connectivity index (χ1) is 8.89. The van der Waals surface area contributed by atoms with Crippen LogP contribution in [-0.2, 0) is 9.53 Å². The predicted octanol–water partition coefficient (Wildman–Crippen LogP) is 3.85. The van der Waals surface area contributed by atoms with Crippen molar-refractivity contribution in [2.45, 2.75) is 45.8 Å². The summed E-state index contributed by atoms with van der Waals surface area (Å²) in [5, 5.41) is 1.44.